The molecule has 2 aromatic carbocycles. The minimum absolute atomic E-state index is 0.282. The van der Waals surface area contributed by atoms with Gasteiger partial charge in [-0.1, -0.05) is 23.2 Å². The van der Waals surface area contributed by atoms with Crippen molar-refractivity contribution in [2.75, 3.05) is 24.3 Å². The fourth-order valence-electron chi connectivity index (χ4n) is 1.91. The Morgan fingerprint density at radius 2 is 1.70 bits per heavy atom. The van der Waals surface area contributed by atoms with Gasteiger partial charge in [-0.2, -0.15) is 0 Å². The summed E-state index contributed by atoms with van der Waals surface area (Å²) in [5, 5.41) is 4.34. The van der Waals surface area contributed by atoms with E-state index >= 15 is 0 Å². The smallest absolute Gasteiger partial charge is 0.128 e. The van der Waals surface area contributed by atoms with Gasteiger partial charge < -0.3 is 10.2 Å². The number of halogens is 3. The summed E-state index contributed by atoms with van der Waals surface area (Å²) in [5.74, 6) is -0.282. The maximum atomic E-state index is 13.7. The Bertz CT molecular complexity index is 615. The Labute approximate surface area is 128 Å². The summed E-state index contributed by atoms with van der Waals surface area (Å²) in [6, 6.07) is 10.1. The summed E-state index contributed by atoms with van der Waals surface area (Å²) in [5.41, 5.74) is 2.35. The number of nitrogens with one attached hydrogen (secondary N) is 1. The quantitative estimate of drug-likeness (QED) is 0.871. The summed E-state index contributed by atoms with van der Waals surface area (Å²) in [6.45, 7) is 0.341. The number of rotatable bonds is 4. The predicted molar refractivity (Wildman–Crippen MR) is 84.5 cm³/mol. The van der Waals surface area contributed by atoms with E-state index in [1.165, 1.54) is 12.1 Å². The highest BCUT2D eigenvalue weighted by Gasteiger charge is 2.07. The van der Waals surface area contributed by atoms with Crippen molar-refractivity contribution in [2.45, 2.75) is 6.54 Å². The second kappa shape index (κ2) is 6.33. The van der Waals surface area contributed by atoms with Gasteiger partial charge in [0.2, 0.25) is 0 Å². The Hall–Kier alpha value is -1.45. The summed E-state index contributed by atoms with van der Waals surface area (Å²) >= 11 is 11.9. The third-order valence-electron chi connectivity index (χ3n) is 2.92. The second-order valence-electron chi connectivity index (χ2n) is 4.65. The lowest BCUT2D eigenvalue weighted by Crippen LogP contribution is -2.12. The lowest BCUT2D eigenvalue weighted by molar-refractivity contribution is 0.613. The van der Waals surface area contributed by atoms with E-state index in [1.807, 2.05) is 37.2 Å². The summed E-state index contributed by atoms with van der Waals surface area (Å²) < 4.78 is 13.7. The fraction of sp³-hybridized carbons (Fsp3) is 0.200. The van der Waals surface area contributed by atoms with Gasteiger partial charge in [0.25, 0.3) is 0 Å². The number of benzene rings is 2. The Balaban J connectivity index is 2.22. The maximum absolute atomic E-state index is 13.7. The molecule has 0 saturated heterocycles. The van der Waals surface area contributed by atoms with Gasteiger partial charge in [-0.15, -0.1) is 0 Å². The molecule has 0 aliphatic rings. The molecule has 0 aromatic heterocycles. The highest BCUT2D eigenvalue weighted by Crippen LogP contribution is 2.28. The summed E-state index contributed by atoms with van der Waals surface area (Å²) in [7, 11) is 3.88. The van der Waals surface area contributed by atoms with Crippen molar-refractivity contribution in [3.8, 4) is 0 Å². The first-order valence-electron chi connectivity index (χ1n) is 6.12. The minimum atomic E-state index is -0.282. The van der Waals surface area contributed by atoms with Gasteiger partial charge in [-0.25, -0.2) is 4.39 Å². The highest BCUT2D eigenvalue weighted by molar-refractivity contribution is 6.31. The molecule has 106 valence electrons. The molecule has 0 aliphatic heterocycles. The van der Waals surface area contributed by atoms with Crippen LogP contribution in [0.4, 0.5) is 15.8 Å². The summed E-state index contributed by atoms with van der Waals surface area (Å²) in [4.78, 5) is 1.97. The number of anilines is 2. The molecule has 0 radical (unpaired) electrons. The zero-order chi connectivity index (χ0) is 14.7. The highest BCUT2D eigenvalue weighted by atomic mass is 35.5. The van der Waals surface area contributed by atoms with E-state index in [-0.39, 0.29) is 5.82 Å². The molecule has 0 atom stereocenters. The van der Waals surface area contributed by atoms with E-state index < -0.39 is 0 Å². The number of hydrogen-bond donors (Lipinski definition) is 1. The molecule has 0 bridgehead atoms. The van der Waals surface area contributed by atoms with Gasteiger partial charge in [0, 0.05) is 36.2 Å². The molecule has 0 amide bonds. The SMILES string of the molecule is CN(C)c1ccc(Cl)cc1NCc1cc(Cl)ccc1F. The number of nitrogens with zero attached hydrogens (tertiary/aromatic N) is 1. The van der Waals surface area contributed by atoms with E-state index in [2.05, 4.69) is 5.32 Å². The third kappa shape index (κ3) is 3.56. The standard InChI is InChI=1S/C15H15Cl2FN2/c1-20(2)15-6-4-12(17)8-14(15)19-9-10-7-11(16)3-5-13(10)18/h3-8,19H,9H2,1-2H3. The molecule has 2 nitrogen and oxygen atoms in total. The van der Waals surface area contributed by atoms with Gasteiger partial charge in [-0.3, -0.25) is 0 Å². The molecule has 1 N–H and O–H groups in total. The molecule has 0 fully saturated rings. The molecule has 2 rings (SSSR count). The van der Waals surface area contributed by atoms with Crippen LogP contribution in [0.2, 0.25) is 10.0 Å². The molecule has 0 unspecified atom stereocenters. The Morgan fingerprint density at radius 3 is 2.40 bits per heavy atom. The van der Waals surface area contributed by atoms with Crippen LogP contribution in [0.25, 0.3) is 0 Å². The van der Waals surface area contributed by atoms with Crippen LogP contribution in [-0.4, -0.2) is 14.1 Å². The minimum Gasteiger partial charge on any atom is -0.379 e. The van der Waals surface area contributed by atoms with Gasteiger partial charge >= 0.3 is 0 Å². The maximum Gasteiger partial charge on any atom is 0.128 e. The Kier molecular flexibility index (Phi) is 4.73. The first-order valence-corrected chi connectivity index (χ1v) is 6.87. The van der Waals surface area contributed by atoms with Gasteiger partial charge in [0.05, 0.1) is 11.4 Å². The van der Waals surface area contributed by atoms with Crippen LogP contribution >= 0.6 is 23.2 Å². The molecule has 0 spiro atoms. The van der Waals surface area contributed by atoms with Gasteiger partial charge in [0.1, 0.15) is 5.82 Å². The topological polar surface area (TPSA) is 15.3 Å². The van der Waals surface area contributed by atoms with Gasteiger partial charge in [-0.05, 0) is 36.4 Å². The second-order valence-corrected chi connectivity index (χ2v) is 5.52. The average Bonchev–Trinajstić information content (AvgIpc) is 2.39. The Morgan fingerprint density at radius 1 is 1.05 bits per heavy atom. The van der Waals surface area contributed by atoms with Crippen LogP contribution in [0.3, 0.4) is 0 Å². The lowest BCUT2D eigenvalue weighted by atomic mass is 10.2. The summed E-state index contributed by atoms with van der Waals surface area (Å²) in [6.07, 6.45) is 0. The fourth-order valence-corrected chi connectivity index (χ4v) is 2.28. The molecule has 2 aromatic rings. The lowest BCUT2D eigenvalue weighted by Gasteiger charge is -2.19. The van der Waals surface area contributed by atoms with Crippen molar-refractivity contribution < 1.29 is 4.39 Å². The largest absolute Gasteiger partial charge is 0.379 e. The van der Waals surface area contributed by atoms with E-state index in [0.29, 0.717) is 22.2 Å². The molecule has 5 heteroatoms. The molecule has 20 heavy (non-hydrogen) atoms. The molecular weight excluding hydrogens is 298 g/mol. The monoisotopic (exact) mass is 312 g/mol. The normalized spacial score (nSPS) is 10.4. The van der Waals surface area contributed by atoms with Crippen molar-refractivity contribution in [2.24, 2.45) is 0 Å². The first kappa shape index (κ1) is 14.9. The van der Waals surface area contributed by atoms with E-state index in [1.54, 1.807) is 6.07 Å². The molecule has 0 aliphatic carbocycles. The predicted octanol–water partition coefficient (Wildman–Crippen LogP) is 4.81. The van der Waals surface area contributed by atoms with Crippen LogP contribution < -0.4 is 10.2 Å². The van der Waals surface area contributed by atoms with E-state index in [4.69, 9.17) is 23.2 Å². The van der Waals surface area contributed by atoms with Crippen LogP contribution in [0.15, 0.2) is 36.4 Å². The van der Waals surface area contributed by atoms with Crippen LogP contribution in [0.5, 0.6) is 0 Å². The molecular formula is C15H15Cl2FN2. The van der Waals surface area contributed by atoms with Crippen LogP contribution in [0.1, 0.15) is 5.56 Å². The average molecular weight is 313 g/mol. The molecule has 0 saturated carbocycles. The van der Waals surface area contributed by atoms with Crippen molar-refractivity contribution in [1.29, 1.82) is 0 Å². The van der Waals surface area contributed by atoms with Crippen molar-refractivity contribution >= 4 is 34.6 Å². The third-order valence-corrected chi connectivity index (χ3v) is 3.39. The first-order chi connectivity index (χ1) is 9.47. The zero-order valence-electron chi connectivity index (χ0n) is 11.3. The van der Waals surface area contributed by atoms with E-state index in [9.17, 15) is 4.39 Å². The van der Waals surface area contributed by atoms with Crippen LogP contribution in [0, 0.1) is 5.82 Å². The van der Waals surface area contributed by atoms with E-state index in [0.717, 1.165) is 11.4 Å². The molecule has 0 heterocycles. The van der Waals surface area contributed by atoms with Gasteiger partial charge in [0.15, 0.2) is 0 Å². The van der Waals surface area contributed by atoms with Crippen molar-refractivity contribution in [1.82, 2.24) is 0 Å². The van der Waals surface area contributed by atoms with Crippen molar-refractivity contribution in [3.05, 3.63) is 57.8 Å². The number of hydrogen-bond acceptors (Lipinski definition) is 2. The van der Waals surface area contributed by atoms with Crippen LogP contribution in [-0.2, 0) is 6.54 Å². The van der Waals surface area contributed by atoms with Crippen molar-refractivity contribution in [3.63, 3.8) is 0 Å². The zero-order valence-corrected chi connectivity index (χ0v) is 12.8.